The van der Waals surface area contributed by atoms with Crippen molar-refractivity contribution in [2.45, 2.75) is 9.79 Å². The molecule has 4 rings (SSSR count). The summed E-state index contributed by atoms with van der Waals surface area (Å²) in [5.41, 5.74) is 0.560. The van der Waals surface area contributed by atoms with Gasteiger partial charge in [0.2, 0.25) is 5.91 Å². The van der Waals surface area contributed by atoms with Crippen molar-refractivity contribution in [3.63, 3.8) is 0 Å². The second kappa shape index (κ2) is 13.5. The van der Waals surface area contributed by atoms with Gasteiger partial charge in [-0.25, -0.2) is 16.8 Å². The van der Waals surface area contributed by atoms with E-state index in [9.17, 15) is 21.6 Å². The number of nitrogens with one attached hydrogen (secondary N) is 2. The highest BCUT2D eigenvalue weighted by Crippen LogP contribution is 2.37. The Hall–Kier alpha value is -5.02. The van der Waals surface area contributed by atoms with Crippen molar-refractivity contribution in [2.24, 2.45) is 0 Å². The second-order valence-corrected chi connectivity index (χ2v) is 12.5. The number of methoxy groups -OCH3 is 4. The Morgan fingerprint density at radius 1 is 0.750 bits per heavy atom. The van der Waals surface area contributed by atoms with Crippen LogP contribution in [0.25, 0.3) is 0 Å². The Bertz CT molecular complexity index is 1830. The molecule has 0 atom stereocenters. The van der Waals surface area contributed by atoms with Gasteiger partial charge in [0.15, 0.2) is 11.5 Å². The first-order valence-corrected chi connectivity index (χ1v) is 15.7. The van der Waals surface area contributed by atoms with Crippen molar-refractivity contribution in [1.29, 1.82) is 0 Å². The summed E-state index contributed by atoms with van der Waals surface area (Å²) in [7, 11) is -2.75. The van der Waals surface area contributed by atoms with Crippen LogP contribution in [0.5, 0.6) is 23.0 Å². The van der Waals surface area contributed by atoms with E-state index < -0.39 is 32.5 Å². The molecule has 4 aromatic rings. The maximum absolute atomic E-state index is 14.0. The van der Waals surface area contributed by atoms with Crippen molar-refractivity contribution in [2.75, 3.05) is 49.3 Å². The highest BCUT2D eigenvalue weighted by Gasteiger charge is 2.31. The zero-order valence-electron chi connectivity index (χ0n) is 24.2. The number of carbonyl (C=O) groups is 1. The molecule has 232 valence electrons. The SMILES string of the molecule is COc1ccc(OC)c(N(CC(=O)Nc2ccc(S(=O)(=O)Nc3cccnc3)cc2)S(=O)(=O)c2ccc(OC)c(OC)c2)c1. The summed E-state index contributed by atoms with van der Waals surface area (Å²) >= 11 is 0. The van der Waals surface area contributed by atoms with Crippen LogP contribution in [0.2, 0.25) is 0 Å². The minimum Gasteiger partial charge on any atom is -0.497 e. The van der Waals surface area contributed by atoms with E-state index >= 15 is 0 Å². The summed E-state index contributed by atoms with van der Waals surface area (Å²) in [6.45, 7) is -0.678. The molecule has 0 aliphatic carbocycles. The third-order valence-electron chi connectivity index (χ3n) is 6.25. The summed E-state index contributed by atoms with van der Waals surface area (Å²) in [5, 5.41) is 2.61. The van der Waals surface area contributed by atoms with E-state index in [1.54, 1.807) is 18.2 Å². The first kappa shape index (κ1) is 31.9. The van der Waals surface area contributed by atoms with Crippen LogP contribution in [0.15, 0.2) is 95.0 Å². The number of carbonyl (C=O) groups excluding carboxylic acids is 1. The summed E-state index contributed by atoms with van der Waals surface area (Å²) < 4.78 is 78.1. The number of rotatable bonds is 13. The van der Waals surface area contributed by atoms with E-state index in [-0.39, 0.29) is 38.4 Å². The predicted octanol–water partition coefficient (Wildman–Crippen LogP) is 3.75. The zero-order valence-corrected chi connectivity index (χ0v) is 25.8. The lowest BCUT2D eigenvalue weighted by molar-refractivity contribution is -0.114. The van der Waals surface area contributed by atoms with Crippen LogP contribution in [0.4, 0.5) is 17.1 Å². The van der Waals surface area contributed by atoms with Crippen LogP contribution >= 0.6 is 0 Å². The van der Waals surface area contributed by atoms with E-state index in [1.165, 1.54) is 95.4 Å². The van der Waals surface area contributed by atoms with Crippen molar-refractivity contribution in [3.05, 3.63) is 85.2 Å². The Morgan fingerprint density at radius 2 is 1.41 bits per heavy atom. The molecule has 1 heterocycles. The first-order valence-electron chi connectivity index (χ1n) is 12.8. The van der Waals surface area contributed by atoms with Crippen LogP contribution in [0.3, 0.4) is 0 Å². The number of amides is 1. The summed E-state index contributed by atoms with van der Waals surface area (Å²) in [5.74, 6) is 0.256. The number of anilines is 3. The number of hydrogen-bond acceptors (Lipinski definition) is 10. The number of pyridine rings is 1. The van der Waals surface area contributed by atoms with Gasteiger partial charge in [-0.15, -0.1) is 0 Å². The van der Waals surface area contributed by atoms with Crippen LogP contribution in [-0.2, 0) is 24.8 Å². The average molecular weight is 643 g/mol. The van der Waals surface area contributed by atoms with E-state index in [4.69, 9.17) is 18.9 Å². The fraction of sp³-hybridized carbons (Fsp3) is 0.172. The maximum atomic E-state index is 14.0. The minimum absolute atomic E-state index is 0.0414. The van der Waals surface area contributed by atoms with Crippen molar-refractivity contribution in [1.82, 2.24) is 4.98 Å². The molecule has 0 aliphatic heterocycles. The van der Waals surface area contributed by atoms with E-state index in [1.807, 2.05) is 0 Å². The van der Waals surface area contributed by atoms with Gasteiger partial charge in [-0.05, 0) is 60.7 Å². The van der Waals surface area contributed by atoms with Crippen molar-refractivity contribution in [3.8, 4) is 23.0 Å². The number of sulfonamides is 2. The molecule has 3 aromatic carbocycles. The summed E-state index contributed by atoms with van der Waals surface area (Å²) in [6, 6.07) is 17.1. The maximum Gasteiger partial charge on any atom is 0.265 e. The standard InChI is InChI=1S/C29H30N4O9S2/c1-39-22-9-13-26(40-2)25(16-22)33(44(37,38)24-12-14-27(41-3)28(17-24)42-4)19-29(34)31-20-7-10-23(11-8-20)43(35,36)32-21-6-5-15-30-18-21/h5-18,32H,19H2,1-4H3,(H,31,34). The average Bonchev–Trinajstić information content (AvgIpc) is 3.03. The number of hydrogen-bond donors (Lipinski definition) is 2. The normalized spacial score (nSPS) is 11.3. The molecular weight excluding hydrogens is 612 g/mol. The molecule has 1 aromatic heterocycles. The number of benzene rings is 3. The van der Waals surface area contributed by atoms with Gasteiger partial charge in [0.25, 0.3) is 20.0 Å². The van der Waals surface area contributed by atoms with Gasteiger partial charge >= 0.3 is 0 Å². The molecule has 0 bridgehead atoms. The number of aromatic nitrogens is 1. The Labute approximate surface area is 255 Å². The van der Waals surface area contributed by atoms with Gasteiger partial charge in [0, 0.05) is 24.0 Å². The van der Waals surface area contributed by atoms with Gasteiger partial charge in [0.1, 0.15) is 18.0 Å². The van der Waals surface area contributed by atoms with Crippen LogP contribution in [0.1, 0.15) is 0 Å². The molecule has 0 unspecified atom stereocenters. The minimum atomic E-state index is -4.40. The van der Waals surface area contributed by atoms with Crippen LogP contribution in [-0.4, -0.2) is 62.7 Å². The molecule has 1 amide bonds. The van der Waals surface area contributed by atoms with Gasteiger partial charge in [-0.3, -0.25) is 18.8 Å². The first-order chi connectivity index (χ1) is 21.0. The van der Waals surface area contributed by atoms with Gasteiger partial charge < -0.3 is 24.3 Å². The monoisotopic (exact) mass is 642 g/mol. The van der Waals surface area contributed by atoms with Gasteiger partial charge in [0.05, 0.1) is 55.8 Å². The number of ether oxygens (including phenoxy) is 4. The third-order valence-corrected chi connectivity index (χ3v) is 9.40. The Balaban J connectivity index is 1.64. The smallest absolute Gasteiger partial charge is 0.265 e. The predicted molar refractivity (Wildman–Crippen MR) is 164 cm³/mol. The van der Waals surface area contributed by atoms with Crippen molar-refractivity contribution < 1.29 is 40.6 Å². The molecule has 15 heteroatoms. The molecule has 0 saturated carbocycles. The lowest BCUT2D eigenvalue weighted by Gasteiger charge is -2.26. The molecule has 2 N–H and O–H groups in total. The number of nitrogens with zero attached hydrogens (tertiary/aromatic N) is 2. The van der Waals surface area contributed by atoms with E-state index in [2.05, 4.69) is 15.0 Å². The van der Waals surface area contributed by atoms with E-state index in [0.717, 1.165) is 4.31 Å². The zero-order chi connectivity index (χ0) is 31.9. The molecular formula is C29H30N4O9S2. The lowest BCUT2D eigenvalue weighted by atomic mass is 10.2. The highest BCUT2D eigenvalue weighted by molar-refractivity contribution is 7.93. The van der Waals surface area contributed by atoms with E-state index in [0.29, 0.717) is 11.5 Å². The molecule has 0 spiro atoms. The largest absolute Gasteiger partial charge is 0.497 e. The fourth-order valence-electron chi connectivity index (χ4n) is 4.08. The lowest BCUT2D eigenvalue weighted by Crippen LogP contribution is -2.38. The van der Waals surface area contributed by atoms with Gasteiger partial charge in [-0.2, -0.15) is 0 Å². The Morgan fingerprint density at radius 3 is 2.02 bits per heavy atom. The molecule has 0 aliphatic rings. The quantitative estimate of drug-likeness (QED) is 0.220. The topological polar surface area (TPSA) is 162 Å². The third kappa shape index (κ3) is 7.12. The van der Waals surface area contributed by atoms with Crippen LogP contribution < -0.4 is 33.3 Å². The highest BCUT2D eigenvalue weighted by atomic mass is 32.2. The van der Waals surface area contributed by atoms with Crippen molar-refractivity contribution >= 4 is 43.0 Å². The van der Waals surface area contributed by atoms with Crippen LogP contribution in [0, 0.1) is 0 Å². The molecule has 44 heavy (non-hydrogen) atoms. The summed E-state index contributed by atoms with van der Waals surface area (Å²) in [6.07, 6.45) is 2.88. The molecule has 0 radical (unpaired) electrons. The van der Waals surface area contributed by atoms with Gasteiger partial charge in [-0.1, -0.05) is 0 Å². The molecule has 13 nitrogen and oxygen atoms in total. The summed E-state index contributed by atoms with van der Waals surface area (Å²) in [4.78, 5) is 16.9. The second-order valence-electron chi connectivity index (χ2n) is 8.99. The molecule has 0 fully saturated rings. The Kier molecular flexibility index (Phi) is 9.80. The fourth-order valence-corrected chi connectivity index (χ4v) is 6.56. The molecule has 0 saturated heterocycles.